The lowest BCUT2D eigenvalue weighted by molar-refractivity contribution is 0.0984. The first-order chi connectivity index (χ1) is 8.66. The summed E-state index contributed by atoms with van der Waals surface area (Å²) in [4.78, 5) is 22.6. The van der Waals surface area contributed by atoms with Crippen molar-refractivity contribution in [3.05, 3.63) is 64.2 Å². The molecule has 18 heavy (non-hydrogen) atoms. The summed E-state index contributed by atoms with van der Waals surface area (Å²) in [7, 11) is 0. The van der Waals surface area contributed by atoms with Crippen LogP contribution in [-0.2, 0) is 6.61 Å². The van der Waals surface area contributed by atoms with E-state index in [2.05, 4.69) is 0 Å². The minimum Gasteiger partial charge on any atom is -0.482 e. The first kappa shape index (κ1) is 12.1. The number of ketones is 1. The Hall–Kier alpha value is -2.36. The van der Waals surface area contributed by atoms with E-state index in [1.807, 2.05) is 30.3 Å². The summed E-state index contributed by atoms with van der Waals surface area (Å²) >= 11 is 0. The van der Waals surface area contributed by atoms with Gasteiger partial charge in [-0.25, -0.2) is 0 Å². The van der Waals surface area contributed by atoms with Crippen LogP contribution in [0.1, 0.15) is 23.0 Å². The maximum Gasteiger partial charge on any atom is 0.227 e. The summed E-state index contributed by atoms with van der Waals surface area (Å²) in [5.74, 6) is -0.155. The van der Waals surface area contributed by atoms with Gasteiger partial charge in [0.15, 0.2) is 11.5 Å². The minimum absolute atomic E-state index is 0.0343. The Balaban J connectivity index is 2.11. The summed E-state index contributed by atoms with van der Waals surface area (Å²) in [6, 6.07) is 10.6. The van der Waals surface area contributed by atoms with Gasteiger partial charge in [-0.1, -0.05) is 30.3 Å². The van der Waals surface area contributed by atoms with Crippen molar-refractivity contribution in [1.29, 1.82) is 0 Å². The van der Waals surface area contributed by atoms with Crippen LogP contribution in [0.5, 0.6) is 5.75 Å². The predicted octanol–water partition coefficient (Wildman–Crippen LogP) is 2.42. The molecule has 1 aromatic carbocycles. The van der Waals surface area contributed by atoms with Gasteiger partial charge in [0.25, 0.3) is 0 Å². The van der Waals surface area contributed by atoms with E-state index in [4.69, 9.17) is 9.15 Å². The quantitative estimate of drug-likeness (QED) is 0.775. The van der Waals surface area contributed by atoms with E-state index in [1.165, 1.54) is 13.2 Å². The molecule has 2 aromatic rings. The smallest absolute Gasteiger partial charge is 0.227 e. The summed E-state index contributed by atoms with van der Waals surface area (Å²) in [5, 5.41) is 0. The highest BCUT2D eigenvalue weighted by Gasteiger charge is 2.07. The average molecular weight is 244 g/mol. The molecule has 0 unspecified atom stereocenters. The Morgan fingerprint density at radius 2 is 2.00 bits per heavy atom. The second-order valence-electron chi connectivity index (χ2n) is 3.80. The molecule has 0 aliphatic carbocycles. The van der Waals surface area contributed by atoms with Crippen LogP contribution in [0.15, 0.2) is 51.9 Å². The van der Waals surface area contributed by atoms with Crippen LogP contribution in [0, 0.1) is 0 Å². The summed E-state index contributed by atoms with van der Waals surface area (Å²) < 4.78 is 10.4. The van der Waals surface area contributed by atoms with Crippen LogP contribution in [0.4, 0.5) is 0 Å². The van der Waals surface area contributed by atoms with Crippen molar-refractivity contribution in [3.63, 3.8) is 0 Å². The first-order valence-corrected chi connectivity index (χ1v) is 5.47. The van der Waals surface area contributed by atoms with Crippen LogP contribution in [0.25, 0.3) is 0 Å². The second-order valence-corrected chi connectivity index (χ2v) is 3.80. The molecule has 0 aliphatic rings. The zero-order valence-electron chi connectivity index (χ0n) is 9.88. The van der Waals surface area contributed by atoms with Crippen molar-refractivity contribution in [3.8, 4) is 5.75 Å². The summed E-state index contributed by atoms with van der Waals surface area (Å²) in [6.07, 6.45) is 1.17. The van der Waals surface area contributed by atoms with Crippen LogP contribution in [-0.4, -0.2) is 5.78 Å². The Morgan fingerprint density at radius 3 is 2.61 bits per heavy atom. The highest BCUT2D eigenvalue weighted by molar-refractivity contribution is 5.91. The number of benzene rings is 1. The van der Waals surface area contributed by atoms with Crippen LogP contribution in [0.2, 0.25) is 0 Å². The van der Waals surface area contributed by atoms with E-state index in [0.717, 1.165) is 11.6 Å². The maximum absolute atomic E-state index is 11.6. The average Bonchev–Trinajstić information content (AvgIpc) is 2.38. The molecule has 4 heteroatoms. The molecule has 1 aromatic heterocycles. The van der Waals surface area contributed by atoms with Crippen molar-refractivity contribution in [2.24, 2.45) is 0 Å². The van der Waals surface area contributed by atoms with Crippen LogP contribution < -0.4 is 10.2 Å². The molecule has 0 saturated carbocycles. The van der Waals surface area contributed by atoms with Crippen molar-refractivity contribution in [1.82, 2.24) is 0 Å². The van der Waals surface area contributed by atoms with E-state index in [1.54, 1.807) is 0 Å². The van der Waals surface area contributed by atoms with Gasteiger partial charge in [0.2, 0.25) is 11.2 Å². The SMILES string of the molecule is CC(=O)c1cc(=O)c(OCc2ccccc2)co1. The van der Waals surface area contributed by atoms with Crippen molar-refractivity contribution in [2.75, 3.05) is 0 Å². The van der Waals surface area contributed by atoms with Gasteiger partial charge in [0.05, 0.1) is 0 Å². The number of hydrogen-bond acceptors (Lipinski definition) is 4. The maximum atomic E-state index is 11.6. The zero-order valence-corrected chi connectivity index (χ0v) is 9.88. The van der Waals surface area contributed by atoms with Gasteiger partial charge < -0.3 is 9.15 Å². The largest absolute Gasteiger partial charge is 0.482 e. The lowest BCUT2D eigenvalue weighted by Gasteiger charge is -2.04. The molecule has 0 spiro atoms. The molecule has 1 heterocycles. The molecule has 0 atom stereocenters. The fourth-order valence-corrected chi connectivity index (χ4v) is 1.42. The third-order valence-corrected chi connectivity index (χ3v) is 2.38. The summed E-state index contributed by atoms with van der Waals surface area (Å²) in [5.41, 5.74) is 0.593. The predicted molar refractivity (Wildman–Crippen MR) is 65.8 cm³/mol. The van der Waals surface area contributed by atoms with Gasteiger partial charge in [-0.05, 0) is 5.56 Å². The lowest BCUT2D eigenvalue weighted by atomic mass is 10.2. The topological polar surface area (TPSA) is 56.5 Å². The normalized spacial score (nSPS) is 10.1. The molecular formula is C14H12O4. The van der Waals surface area contributed by atoms with Crippen LogP contribution in [0.3, 0.4) is 0 Å². The monoisotopic (exact) mass is 244 g/mol. The number of rotatable bonds is 4. The first-order valence-electron chi connectivity index (χ1n) is 5.47. The molecule has 4 nitrogen and oxygen atoms in total. The fraction of sp³-hybridized carbons (Fsp3) is 0.143. The molecule has 0 N–H and O–H groups in total. The molecule has 0 radical (unpaired) electrons. The number of ether oxygens (including phenoxy) is 1. The standard InChI is InChI=1S/C14H12O4/c1-10(15)13-7-12(16)14(9-18-13)17-8-11-5-3-2-4-6-11/h2-7,9H,8H2,1H3. The van der Waals surface area contributed by atoms with E-state index < -0.39 is 0 Å². The molecule has 0 fully saturated rings. The molecule has 92 valence electrons. The molecule has 0 bridgehead atoms. The Bertz CT molecular complexity index is 599. The minimum atomic E-state index is -0.359. The third-order valence-electron chi connectivity index (χ3n) is 2.38. The number of carbonyl (C=O) groups excluding carboxylic acids is 1. The van der Waals surface area contributed by atoms with Gasteiger partial charge in [0, 0.05) is 13.0 Å². The summed E-state index contributed by atoms with van der Waals surface area (Å²) in [6.45, 7) is 1.62. The van der Waals surface area contributed by atoms with Crippen molar-refractivity contribution >= 4 is 5.78 Å². The Kier molecular flexibility index (Phi) is 3.57. The molecule has 0 aliphatic heterocycles. The molecular weight excluding hydrogens is 232 g/mol. The van der Waals surface area contributed by atoms with Crippen molar-refractivity contribution < 1.29 is 13.9 Å². The zero-order chi connectivity index (χ0) is 13.0. The molecule has 2 rings (SSSR count). The van der Waals surface area contributed by atoms with Gasteiger partial charge in [0.1, 0.15) is 12.9 Å². The van der Waals surface area contributed by atoms with Gasteiger partial charge in [-0.15, -0.1) is 0 Å². The van der Waals surface area contributed by atoms with Crippen LogP contribution >= 0.6 is 0 Å². The van der Waals surface area contributed by atoms with E-state index in [0.29, 0.717) is 0 Å². The number of hydrogen-bond donors (Lipinski definition) is 0. The van der Waals surface area contributed by atoms with Gasteiger partial charge >= 0.3 is 0 Å². The number of Topliss-reactive ketones (excluding diaryl/α,β-unsaturated/α-hetero) is 1. The highest BCUT2D eigenvalue weighted by atomic mass is 16.5. The molecule has 0 saturated heterocycles. The van der Waals surface area contributed by atoms with Crippen molar-refractivity contribution in [2.45, 2.75) is 13.5 Å². The second kappa shape index (κ2) is 5.31. The van der Waals surface area contributed by atoms with E-state index >= 15 is 0 Å². The number of carbonyl (C=O) groups is 1. The van der Waals surface area contributed by atoms with Gasteiger partial charge in [-0.3, -0.25) is 9.59 Å². The van der Waals surface area contributed by atoms with E-state index in [-0.39, 0.29) is 29.3 Å². The fourth-order valence-electron chi connectivity index (χ4n) is 1.42. The van der Waals surface area contributed by atoms with Gasteiger partial charge in [-0.2, -0.15) is 0 Å². The highest BCUT2D eigenvalue weighted by Crippen LogP contribution is 2.09. The molecule has 0 amide bonds. The Labute approximate surface area is 104 Å². The lowest BCUT2D eigenvalue weighted by Crippen LogP contribution is -2.09. The Morgan fingerprint density at radius 1 is 1.28 bits per heavy atom. The third kappa shape index (κ3) is 2.85. The van der Waals surface area contributed by atoms with E-state index in [9.17, 15) is 9.59 Å².